The predicted molar refractivity (Wildman–Crippen MR) is 161 cm³/mol. The third-order valence-corrected chi connectivity index (χ3v) is 9.07. The molecule has 0 spiro atoms. The molecule has 0 saturated carbocycles. The topological polar surface area (TPSA) is 86.8 Å². The third-order valence-electron chi connectivity index (χ3n) is 6.58. The number of carbonyl (C=O) groups excluding carboxylic acids is 2. The van der Waals surface area contributed by atoms with Gasteiger partial charge in [0.25, 0.3) is 10.0 Å². The summed E-state index contributed by atoms with van der Waals surface area (Å²) in [5.41, 5.74) is -0.461. The van der Waals surface area contributed by atoms with Crippen molar-refractivity contribution >= 4 is 50.7 Å². The Morgan fingerprint density at radius 3 is 2.14 bits per heavy atom. The Morgan fingerprint density at radius 2 is 1.56 bits per heavy atom. The smallest absolute Gasteiger partial charge is 0.354 e. The van der Waals surface area contributed by atoms with E-state index >= 15 is 0 Å². The van der Waals surface area contributed by atoms with Gasteiger partial charge in [-0.3, -0.25) is 13.9 Å². The number of alkyl halides is 3. The Labute approximate surface area is 259 Å². The van der Waals surface area contributed by atoms with Crippen molar-refractivity contribution in [3.8, 4) is 0 Å². The summed E-state index contributed by atoms with van der Waals surface area (Å²) in [6.07, 6.45) is -4.89. The fourth-order valence-corrected chi connectivity index (χ4v) is 5.92. The number of sulfonamides is 1. The van der Waals surface area contributed by atoms with E-state index < -0.39 is 56.9 Å². The fraction of sp³-hybridized carbons (Fsp3) is 0.333. The van der Waals surface area contributed by atoms with E-state index in [0.29, 0.717) is 27.5 Å². The average Bonchev–Trinajstić information content (AvgIpc) is 2.93. The molecule has 0 fully saturated rings. The highest BCUT2D eigenvalue weighted by Crippen LogP contribution is 2.38. The van der Waals surface area contributed by atoms with E-state index in [1.165, 1.54) is 31.2 Å². The second-order valence-electron chi connectivity index (χ2n) is 10.4. The quantitative estimate of drug-likeness (QED) is 0.248. The van der Waals surface area contributed by atoms with Crippen LogP contribution in [0.2, 0.25) is 10.0 Å². The number of carbonyl (C=O) groups is 2. The van der Waals surface area contributed by atoms with Crippen LogP contribution in [-0.4, -0.2) is 44.3 Å². The molecule has 0 heterocycles. The van der Waals surface area contributed by atoms with Gasteiger partial charge in [0.2, 0.25) is 11.8 Å². The van der Waals surface area contributed by atoms with Crippen LogP contribution >= 0.6 is 23.2 Å². The SMILES string of the molecule is Cc1ccc(S(=O)(=O)N(CC(=O)N(Cc2ccccc2Cl)[C@H](C)C(=O)NCC(C)C)c2ccc(Cl)c(C(F)(F)F)c2)cc1. The van der Waals surface area contributed by atoms with Gasteiger partial charge in [-0.15, -0.1) is 0 Å². The Balaban J connectivity index is 2.12. The van der Waals surface area contributed by atoms with Gasteiger partial charge in [-0.25, -0.2) is 8.42 Å². The summed E-state index contributed by atoms with van der Waals surface area (Å²) in [5, 5.41) is 2.44. The first-order valence-electron chi connectivity index (χ1n) is 13.3. The van der Waals surface area contributed by atoms with Crippen molar-refractivity contribution in [2.75, 3.05) is 17.4 Å². The molecule has 3 aromatic rings. The van der Waals surface area contributed by atoms with Crippen LogP contribution in [0.3, 0.4) is 0 Å². The fourth-order valence-electron chi connectivity index (χ4n) is 4.10. The molecule has 43 heavy (non-hydrogen) atoms. The number of amides is 2. The molecule has 3 rings (SSSR count). The lowest BCUT2D eigenvalue weighted by Crippen LogP contribution is -2.51. The molecule has 0 radical (unpaired) electrons. The van der Waals surface area contributed by atoms with Gasteiger partial charge in [0, 0.05) is 18.1 Å². The zero-order valence-corrected chi connectivity index (χ0v) is 26.3. The first-order valence-corrected chi connectivity index (χ1v) is 15.5. The van der Waals surface area contributed by atoms with Crippen LogP contribution in [0.5, 0.6) is 0 Å². The first-order chi connectivity index (χ1) is 20.0. The van der Waals surface area contributed by atoms with Crippen molar-refractivity contribution in [3.05, 3.63) is 93.5 Å². The molecule has 3 aromatic carbocycles. The summed E-state index contributed by atoms with van der Waals surface area (Å²) < 4.78 is 69.7. The summed E-state index contributed by atoms with van der Waals surface area (Å²) in [5.74, 6) is -1.22. The van der Waals surface area contributed by atoms with Gasteiger partial charge in [-0.05, 0) is 61.7 Å². The zero-order chi connectivity index (χ0) is 32.1. The lowest BCUT2D eigenvalue weighted by Gasteiger charge is -2.32. The normalized spacial score (nSPS) is 12.6. The number of benzene rings is 3. The van der Waals surface area contributed by atoms with Crippen molar-refractivity contribution in [1.82, 2.24) is 10.2 Å². The van der Waals surface area contributed by atoms with Crippen LogP contribution in [-0.2, 0) is 32.3 Å². The van der Waals surface area contributed by atoms with Crippen LogP contribution in [0.1, 0.15) is 37.5 Å². The van der Waals surface area contributed by atoms with E-state index in [9.17, 15) is 31.2 Å². The maximum Gasteiger partial charge on any atom is 0.417 e. The molecular formula is C30H32Cl2F3N3O4S. The first kappa shape index (κ1) is 34.2. The van der Waals surface area contributed by atoms with E-state index in [1.54, 1.807) is 31.2 Å². The molecule has 0 aliphatic rings. The lowest BCUT2D eigenvalue weighted by molar-refractivity contribution is -0.139. The molecule has 1 N–H and O–H groups in total. The minimum atomic E-state index is -4.89. The molecule has 1 atom stereocenters. The summed E-state index contributed by atoms with van der Waals surface area (Å²) in [6, 6.07) is 13.8. The number of halogens is 5. The van der Waals surface area contributed by atoms with Gasteiger partial charge in [0.15, 0.2) is 0 Å². The van der Waals surface area contributed by atoms with Crippen LogP contribution in [0.4, 0.5) is 18.9 Å². The maximum atomic E-state index is 14.0. The van der Waals surface area contributed by atoms with Crippen LogP contribution in [0.25, 0.3) is 0 Å². The number of nitrogens with one attached hydrogen (secondary N) is 1. The summed E-state index contributed by atoms with van der Waals surface area (Å²) in [4.78, 5) is 27.9. The van der Waals surface area contributed by atoms with Crippen molar-refractivity contribution in [3.63, 3.8) is 0 Å². The second-order valence-corrected chi connectivity index (χ2v) is 13.1. The number of nitrogens with zero attached hydrogens (tertiary/aromatic N) is 2. The Bertz CT molecular complexity index is 1570. The summed E-state index contributed by atoms with van der Waals surface area (Å²) >= 11 is 12.1. The molecule has 0 bridgehead atoms. The highest BCUT2D eigenvalue weighted by molar-refractivity contribution is 7.92. The highest BCUT2D eigenvalue weighted by Gasteiger charge is 2.37. The van der Waals surface area contributed by atoms with E-state index in [4.69, 9.17) is 23.2 Å². The predicted octanol–water partition coefficient (Wildman–Crippen LogP) is 6.71. The molecular weight excluding hydrogens is 626 g/mol. The van der Waals surface area contributed by atoms with Crippen molar-refractivity contribution in [2.45, 2.75) is 51.4 Å². The third kappa shape index (κ3) is 8.64. The van der Waals surface area contributed by atoms with Gasteiger partial charge < -0.3 is 10.2 Å². The van der Waals surface area contributed by atoms with Crippen LogP contribution < -0.4 is 9.62 Å². The Morgan fingerprint density at radius 1 is 0.930 bits per heavy atom. The molecule has 7 nitrogen and oxygen atoms in total. The highest BCUT2D eigenvalue weighted by atomic mass is 35.5. The molecule has 0 unspecified atom stereocenters. The van der Waals surface area contributed by atoms with E-state index in [0.717, 1.165) is 22.6 Å². The summed E-state index contributed by atoms with van der Waals surface area (Å²) in [6.45, 7) is 6.26. The molecule has 2 amide bonds. The van der Waals surface area contributed by atoms with E-state index in [-0.39, 0.29) is 17.4 Å². The number of rotatable bonds is 11. The summed E-state index contributed by atoms with van der Waals surface area (Å²) in [7, 11) is -4.57. The number of aryl methyl sites for hydroxylation is 1. The Kier molecular flexibility index (Phi) is 11.1. The molecule has 0 aliphatic carbocycles. The van der Waals surface area contributed by atoms with Gasteiger partial charge >= 0.3 is 6.18 Å². The maximum absolute atomic E-state index is 14.0. The molecule has 0 aromatic heterocycles. The average molecular weight is 659 g/mol. The number of anilines is 1. The molecule has 0 aliphatic heterocycles. The van der Waals surface area contributed by atoms with Gasteiger partial charge in [0.05, 0.1) is 21.2 Å². The minimum absolute atomic E-state index is 0.117. The largest absolute Gasteiger partial charge is 0.417 e. The number of hydrogen-bond acceptors (Lipinski definition) is 4. The van der Waals surface area contributed by atoms with Gasteiger partial charge in [-0.1, -0.05) is 72.9 Å². The van der Waals surface area contributed by atoms with Gasteiger partial charge in [-0.2, -0.15) is 13.2 Å². The minimum Gasteiger partial charge on any atom is -0.354 e. The number of hydrogen-bond donors (Lipinski definition) is 1. The van der Waals surface area contributed by atoms with E-state index in [2.05, 4.69) is 5.32 Å². The Hall–Kier alpha value is -3.28. The standard InChI is InChI=1S/C30H32Cl2F3N3O4S/c1-19(2)16-36-29(40)21(4)37(17-22-7-5-6-8-26(22)31)28(39)18-38(43(41,42)24-12-9-20(3)10-13-24)23-11-14-27(32)25(15-23)30(33,34)35/h5-15,19,21H,16-18H2,1-4H3,(H,36,40)/t21-/m1/s1. The molecule has 232 valence electrons. The lowest BCUT2D eigenvalue weighted by atomic mass is 10.1. The van der Waals surface area contributed by atoms with Crippen molar-refractivity contribution in [2.24, 2.45) is 5.92 Å². The van der Waals surface area contributed by atoms with Crippen molar-refractivity contribution < 1.29 is 31.2 Å². The molecule has 0 saturated heterocycles. The van der Waals surface area contributed by atoms with Crippen LogP contribution in [0.15, 0.2) is 71.6 Å². The zero-order valence-electron chi connectivity index (χ0n) is 24.0. The van der Waals surface area contributed by atoms with E-state index in [1.807, 2.05) is 13.8 Å². The monoisotopic (exact) mass is 657 g/mol. The molecule has 13 heteroatoms. The van der Waals surface area contributed by atoms with Crippen molar-refractivity contribution in [1.29, 1.82) is 0 Å². The van der Waals surface area contributed by atoms with Gasteiger partial charge in [0.1, 0.15) is 12.6 Å². The second kappa shape index (κ2) is 14.0. The van der Waals surface area contributed by atoms with Crippen LogP contribution in [0, 0.1) is 12.8 Å².